The van der Waals surface area contributed by atoms with Crippen molar-refractivity contribution in [3.63, 3.8) is 0 Å². The van der Waals surface area contributed by atoms with Crippen molar-refractivity contribution in [1.29, 1.82) is 0 Å². The van der Waals surface area contributed by atoms with Gasteiger partial charge in [-0.2, -0.15) is 0 Å². The molecule has 0 N–H and O–H groups in total. The lowest BCUT2D eigenvalue weighted by atomic mass is 10.0. The molecule has 5 rings (SSSR count). The van der Waals surface area contributed by atoms with E-state index in [1.165, 1.54) is 32.8 Å². The molecule has 0 fully saturated rings. The first-order valence-corrected chi connectivity index (χ1v) is 9.23. The zero-order valence-corrected chi connectivity index (χ0v) is 15.5. The minimum Gasteiger partial charge on any atom is -0.456 e. The fourth-order valence-corrected chi connectivity index (χ4v) is 4.01. The molecule has 3 nitrogen and oxygen atoms in total. The minimum absolute atomic E-state index is 0.934. The number of fused-ring (bicyclic) bond motifs is 4. The van der Waals surface area contributed by atoms with E-state index in [9.17, 15) is 0 Å². The molecule has 1 unspecified atom stereocenters. The average molecular weight is 343 g/mol. The van der Waals surface area contributed by atoms with Gasteiger partial charge in [-0.25, -0.2) is 0 Å². The molecule has 26 heavy (non-hydrogen) atoms. The molecule has 0 radical (unpaired) electrons. The van der Waals surface area contributed by atoms with Gasteiger partial charge in [0.15, 0.2) is 6.67 Å². The van der Waals surface area contributed by atoms with E-state index < -0.39 is 0 Å². The Kier molecular flexibility index (Phi) is 3.19. The molecule has 1 aliphatic heterocycles. The van der Waals surface area contributed by atoms with Crippen LogP contribution >= 0.6 is 0 Å². The summed E-state index contributed by atoms with van der Waals surface area (Å²) >= 11 is 0. The Morgan fingerprint density at radius 3 is 2.54 bits per heavy atom. The number of benzene rings is 3. The summed E-state index contributed by atoms with van der Waals surface area (Å²) in [4.78, 5) is 2.34. The highest BCUT2D eigenvalue weighted by Crippen LogP contribution is 2.38. The Bertz CT molecular complexity index is 1190. The average Bonchev–Trinajstić information content (AvgIpc) is 3.22. The molecule has 0 saturated carbocycles. The van der Waals surface area contributed by atoms with Crippen LogP contribution in [0.25, 0.3) is 32.7 Å². The normalized spacial score (nSPS) is 20.0. The van der Waals surface area contributed by atoms with Crippen LogP contribution in [0.2, 0.25) is 0 Å². The highest BCUT2D eigenvalue weighted by Gasteiger charge is 2.28. The van der Waals surface area contributed by atoms with Crippen molar-refractivity contribution in [3.8, 4) is 0 Å². The summed E-state index contributed by atoms with van der Waals surface area (Å²) in [5.74, 6) is 0. The summed E-state index contributed by atoms with van der Waals surface area (Å²) < 4.78 is 7.25. The molecule has 3 aromatic carbocycles. The second kappa shape index (κ2) is 5.36. The van der Waals surface area contributed by atoms with E-state index in [1.54, 1.807) is 0 Å². The molecule has 130 valence electrons. The van der Waals surface area contributed by atoms with Crippen molar-refractivity contribution >= 4 is 38.4 Å². The van der Waals surface area contributed by atoms with Crippen molar-refractivity contribution in [2.24, 2.45) is 0 Å². The van der Waals surface area contributed by atoms with Crippen molar-refractivity contribution < 1.29 is 8.90 Å². The number of hydrogen-bond donors (Lipinski definition) is 0. The van der Waals surface area contributed by atoms with E-state index >= 15 is 0 Å². The van der Waals surface area contributed by atoms with Crippen LogP contribution < -0.4 is 4.90 Å². The maximum Gasteiger partial charge on any atom is 0.162 e. The zero-order valence-electron chi connectivity index (χ0n) is 15.5. The maximum absolute atomic E-state index is 6.31. The number of aryl methyl sites for hydroxylation is 1. The van der Waals surface area contributed by atoms with Crippen LogP contribution in [0.4, 0.5) is 5.69 Å². The smallest absolute Gasteiger partial charge is 0.162 e. The van der Waals surface area contributed by atoms with E-state index in [2.05, 4.69) is 86.7 Å². The molecule has 4 aromatic rings. The Balaban J connectivity index is 1.70. The van der Waals surface area contributed by atoms with E-state index in [1.807, 2.05) is 0 Å². The van der Waals surface area contributed by atoms with Crippen molar-refractivity contribution in [1.82, 2.24) is 0 Å². The molecule has 1 atom stereocenters. The van der Waals surface area contributed by atoms with Crippen LogP contribution in [0, 0.1) is 6.92 Å². The second-order valence-corrected chi connectivity index (χ2v) is 7.59. The zero-order chi connectivity index (χ0) is 17.9. The summed E-state index contributed by atoms with van der Waals surface area (Å²) in [6.45, 7) is 6.45. The predicted octanol–water partition coefficient (Wildman–Crippen LogP) is 5.76. The minimum atomic E-state index is 0.934. The van der Waals surface area contributed by atoms with Crippen molar-refractivity contribution in [2.75, 3.05) is 25.2 Å². The van der Waals surface area contributed by atoms with Gasteiger partial charge < -0.3 is 4.42 Å². The molecule has 0 spiro atoms. The maximum atomic E-state index is 6.31. The second-order valence-electron chi connectivity index (χ2n) is 7.59. The quantitative estimate of drug-likeness (QED) is 0.430. The van der Waals surface area contributed by atoms with Gasteiger partial charge in [0.05, 0.1) is 25.5 Å². The summed E-state index contributed by atoms with van der Waals surface area (Å²) in [7, 11) is 2.26. The van der Waals surface area contributed by atoms with Crippen LogP contribution in [0.5, 0.6) is 0 Å². The molecule has 1 aliphatic rings. The lowest BCUT2D eigenvalue weighted by Crippen LogP contribution is -2.40. The van der Waals surface area contributed by atoms with Crippen molar-refractivity contribution in [3.05, 3.63) is 66.5 Å². The van der Waals surface area contributed by atoms with Crippen molar-refractivity contribution in [2.45, 2.75) is 13.8 Å². The number of furan rings is 1. The number of anilines is 1. The Hall–Kier alpha value is -2.78. The Labute approximate surface area is 153 Å². The third-order valence-electron chi connectivity index (χ3n) is 5.84. The molecular weight excluding hydrogens is 320 g/mol. The van der Waals surface area contributed by atoms with Gasteiger partial charge in [-0.15, -0.1) is 0 Å². The highest BCUT2D eigenvalue weighted by atomic mass is 16.3. The van der Waals surface area contributed by atoms with Gasteiger partial charge in [0.2, 0.25) is 0 Å². The number of rotatable bonds is 2. The third-order valence-corrected chi connectivity index (χ3v) is 5.84. The van der Waals surface area contributed by atoms with E-state index in [4.69, 9.17) is 4.42 Å². The van der Waals surface area contributed by atoms with E-state index in [0.29, 0.717) is 0 Å². The molecular formula is C23H23N2O+. The first kappa shape index (κ1) is 15.5. The third kappa shape index (κ3) is 2.17. The number of quaternary nitrogens is 1. The molecule has 1 aromatic heterocycles. The number of hydrogen-bond acceptors (Lipinski definition) is 2. The molecule has 0 bridgehead atoms. The summed E-state index contributed by atoms with van der Waals surface area (Å²) in [6, 6.07) is 17.3. The Morgan fingerprint density at radius 1 is 1.04 bits per heavy atom. The topological polar surface area (TPSA) is 16.4 Å². The highest BCUT2D eigenvalue weighted by molar-refractivity contribution is 6.11. The van der Waals surface area contributed by atoms with Crippen LogP contribution in [-0.4, -0.2) is 24.7 Å². The van der Waals surface area contributed by atoms with Crippen LogP contribution in [0.3, 0.4) is 0 Å². The SMILES string of the molecule is CC[N+]1(C)C=CN(c2ccc3c(oc4cc5ccccc5cc43)c2C)C1. The first-order valence-electron chi connectivity index (χ1n) is 9.23. The fourth-order valence-electron chi connectivity index (χ4n) is 4.01. The summed E-state index contributed by atoms with van der Waals surface area (Å²) in [6.07, 6.45) is 4.48. The molecule has 2 heterocycles. The van der Waals surface area contributed by atoms with Gasteiger partial charge in [0.25, 0.3) is 0 Å². The van der Waals surface area contributed by atoms with Gasteiger partial charge in [0.1, 0.15) is 17.4 Å². The standard InChI is InChI=1S/C23H23N2O/c1-4-25(3)12-11-24(15-25)21-10-9-19-20-13-17-7-5-6-8-18(17)14-22(20)26-23(19)16(21)2/h5-14H,4,15H2,1-3H3/q+1. The fraction of sp³-hybridized carbons (Fsp3) is 0.217. The lowest BCUT2D eigenvalue weighted by Gasteiger charge is -2.27. The molecule has 0 amide bonds. The molecule has 0 saturated heterocycles. The van der Waals surface area contributed by atoms with E-state index in [-0.39, 0.29) is 0 Å². The Morgan fingerprint density at radius 2 is 1.81 bits per heavy atom. The molecule has 0 aliphatic carbocycles. The summed E-state index contributed by atoms with van der Waals surface area (Å²) in [5, 5.41) is 4.86. The summed E-state index contributed by atoms with van der Waals surface area (Å²) in [5.41, 5.74) is 4.40. The lowest BCUT2D eigenvalue weighted by molar-refractivity contribution is -0.851. The monoisotopic (exact) mass is 343 g/mol. The van der Waals surface area contributed by atoms with Gasteiger partial charge in [-0.3, -0.25) is 9.38 Å². The van der Waals surface area contributed by atoms with Crippen LogP contribution in [0.15, 0.2) is 65.3 Å². The van der Waals surface area contributed by atoms with Gasteiger partial charge in [-0.05, 0) is 48.9 Å². The van der Waals surface area contributed by atoms with Gasteiger partial charge in [0, 0.05) is 16.3 Å². The predicted molar refractivity (Wildman–Crippen MR) is 109 cm³/mol. The first-order chi connectivity index (χ1) is 12.6. The van der Waals surface area contributed by atoms with Crippen LogP contribution in [-0.2, 0) is 0 Å². The largest absolute Gasteiger partial charge is 0.456 e. The number of nitrogens with zero attached hydrogens (tertiary/aromatic N) is 2. The van der Waals surface area contributed by atoms with E-state index in [0.717, 1.165) is 28.9 Å². The van der Waals surface area contributed by atoms with Gasteiger partial charge in [-0.1, -0.05) is 24.3 Å². The van der Waals surface area contributed by atoms with Crippen LogP contribution in [0.1, 0.15) is 12.5 Å². The van der Waals surface area contributed by atoms with Gasteiger partial charge >= 0.3 is 0 Å². The molecule has 3 heteroatoms.